The highest BCUT2D eigenvalue weighted by atomic mass is 32.1. The predicted octanol–water partition coefficient (Wildman–Crippen LogP) is 4.71. The Labute approximate surface area is 108 Å². The molecule has 0 amide bonds. The van der Waals surface area contributed by atoms with Crippen LogP contribution in [0.2, 0.25) is 0 Å². The quantitative estimate of drug-likeness (QED) is 0.489. The third-order valence-corrected chi connectivity index (χ3v) is 4.05. The fraction of sp³-hybridized carbons (Fsp3) is 0. The summed E-state index contributed by atoms with van der Waals surface area (Å²) < 4.78 is 6.60. The lowest BCUT2D eigenvalue weighted by molar-refractivity contribution is 0.582. The lowest BCUT2D eigenvalue weighted by Gasteiger charge is -1.96. The fourth-order valence-corrected chi connectivity index (χ4v) is 3.12. The average Bonchev–Trinajstić information content (AvgIpc) is 3.07. The summed E-state index contributed by atoms with van der Waals surface area (Å²) in [6.07, 6.45) is 1.68. The molecule has 2 nitrogen and oxygen atoms in total. The summed E-state index contributed by atoms with van der Waals surface area (Å²) >= 11 is 1.66. The molecule has 0 aliphatic carbocycles. The van der Waals surface area contributed by atoms with E-state index >= 15 is 0 Å². The molecule has 4 rings (SSSR count). The number of furan rings is 1. The zero-order valence-electron chi connectivity index (χ0n) is 9.46. The first-order chi connectivity index (χ1) is 8.92. The smallest absolute Gasteiger partial charge is 0.162 e. The number of hydrogen-bond acceptors (Lipinski definition) is 3. The standard InChI is InChI=1S/C15H9NOS/c1-2-5-11-10(4-1)7-8-13-14(11)16-15(18-13)12-6-3-9-17-12/h1-9H. The van der Waals surface area contributed by atoms with Crippen molar-refractivity contribution in [3.63, 3.8) is 0 Å². The summed E-state index contributed by atoms with van der Waals surface area (Å²) in [6, 6.07) is 16.4. The molecule has 0 bridgehead atoms. The zero-order valence-corrected chi connectivity index (χ0v) is 10.3. The lowest BCUT2D eigenvalue weighted by Crippen LogP contribution is -1.75. The Morgan fingerprint density at radius 1 is 0.944 bits per heavy atom. The van der Waals surface area contributed by atoms with Crippen LogP contribution in [-0.4, -0.2) is 4.98 Å². The van der Waals surface area contributed by atoms with Crippen LogP contribution in [0.4, 0.5) is 0 Å². The van der Waals surface area contributed by atoms with Crippen molar-refractivity contribution in [2.75, 3.05) is 0 Å². The van der Waals surface area contributed by atoms with Crippen molar-refractivity contribution in [1.29, 1.82) is 0 Å². The maximum absolute atomic E-state index is 5.41. The van der Waals surface area contributed by atoms with Crippen LogP contribution in [0, 0.1) is 0 Å². The van der Waals surface area contributed by atoms with Crippen LogP contribution in [0.3, 0.4) is 0 Å². The molecule has 86 valence electrons. The van der Waals surface area contributed by atoms with Gasteiger partial charge in [-0.2, -0.15) is 0 Å². The van der Waals surface area contributed by atoms with Crippen LogP contribution >= 0.6 is 11.3 Å². The van der Waals surface area contributed by atoms with Gasteiger partial charge in [-0.1, -0.05) is 30.3 Å². The largest absolute Gasteiger partial charge is 0.462 e. The van der Waals surface area contributed by atoms with Crippen LogP contribution in [-0.2, 0) is 0 Å². The Bertz CT molecular complexity index is 830. The van der Waals surface area contributed by atoms with Crippen molar-refractivity contribution in [3.8, 4) is 10.8 Å². The molecule has 0 N–H and O–H groups in total. The molecular weight excluding hydrogens is 242 g/mol. The molecule has 0 radical (unpaired) electrons. The minimum atomic E-state index is 0.834. The van der Waals surface area contributed by atoms with Gasteiger partial charge in [-0.3, -0.25) is 0 Å². The maximum atomic E-state index is 5.41. The van der Waals surface area contributed by atoms with E-state index < -0.39 is 0 Å². The third kappa shape index (κ3) is 1.38. The van der Waals surface area contributed by atoms with Gasteiger partial charge in [-0.05, 0) is 23.6 Å². The molecule has 0 saturated carbocycles. The van der Waals surface area contributed by atoms with Gasteiger partial charge in [0.05, 0.1) is 16.5 Å². The molecule has 0 unspecified atom stereocenters. The number of thiazole rings is 1. The van der Waals surface area contributed by atoms with Crippen molar-refractivity contribution < 1.29 is 4.42 Å². The molecular formula is C15H9NOS. The van der Waals surface area contributed by atoms with Gasteiger partial charge in [0.1, 0.15) is 0 Å². The second-order valence-electron chi connectivity index (χ2n) is 4.13. The molecule has 18 heavy (non-hydrogen) atoms. The summed E-state index contributed by atoms with van der Waals surface area (Å²) in [5, 5.41) is 3.36. The maximum Gasteiger partial charge on any atom is 0.162 e. The van der Waals surface area contributed by atoms with Gasteiger partial charge in [-0.25, -0.2) is 4.98 Å². The number of fused-ring (bicyclic) bond motifs is 3. The Hall–Kier alpha value is -2.13. The summed E-state index contributed by atoms with van der Waals surface area (Å²) in [4.78, 5) is 4.71. The number of aromatic nitrogens is 1. The Balaban J connectivity index is 2.08. The predicted molar refractivity (Wildman–Crippen MR) is 74.8 cm³/mol. The molecule has 3 heteroatoms. The third-order valence-electron chi connectivity index (χ3n) is 3.02. The Morgan fingerprint density at radius 2 is 1.89 bits per heavy atom. The first-order valence-corrected chi connectivity index (χ1v) is 6.56. The Morgan fingerprint density at radius 3 is 2.78 bits per heavy atom. The number of hydrogen-bond donors (Lipinski definition) is 0. The van der Waals surface area contributed by atoms with E-state index in [1.807, 2.05) is 24.3 Å². The fourth-order valence-electron chi connectivity index (χ4n) is 2.17. The zero-order chi connectivity index (χ0) is 11.9. The van der Waals surface area contributed by atoms with Gasteiger partial charge in [0.25, 0.3) is 0 Å². The number of benzene rings is 2. The highest BCUT2D eigenvalue weighted by Gasteiger charge is 2.10. The van der Waals surface area contributed by atoms with Crippen LogP contribution in [0.5, 0.6) is 0 Å². The highest BCUT2D eigenvalue weighted by molar-refractivity contribution is 7.21. The van der Waals surface area contributed by atoms with Crippen LogP contribution in [0.25, 0.3) is 31.8 Å². The van der Waals surface area contributed by atoms with Crippen molar-refractivity contribution >= 4 is 32.3 Å². The molecule has 2 heterocycles. The minimum Gasteiger partial charge on any atom is -0.462 e. The van der Waals surface area contributed by atoms with Crippen molar-refractivity contribution in [3.05, 3.63) is 54.8 Å². The minimum absolute atomic E-state index is 0.834. The van der Waals surface area contributed by atoms with Crippen molar-refractivity contribution in [1.82, 2.24) is 4.98 Å². The molecule has 2 aromatic heterocycles. The van der Waals surface area contributed by atoms with Crippen LogP contribution in [0.15, 0.2) is 59.2 Å². The van der Waals surface area contributed by atoms with E-state index in [1.165, 1.54) is 15.5 Å². The van der Waals surface area contributed by atoms with E-state index in [2.05, 4.69) is 24.3 Å². The SMILES string of the molecule is c1coc(-c2nc3c(ccc4ccccc43)s2)c1. The van der Waals surface area contributed by atoms with Gasteiger partial charge in [0, 0.05) is 5.39 Å². The summed E-state index contributed by atoms with van der Waals surface area (Å²) in [5.74, 6) is 0.834. The summed E-state index contributed by atoms with van der Waals surface area (Å²) in [7, 11) is 0. The molecule has 0 spiro atoms. The van der Waals surface area contributed by atoms with Crippen LogP contribution < -0.4 is 0 Å². The second kappa shape index (κ2) is 3.68. The summed E-state index contributed by atoms with van der Waals surface area (Å²) in [6.45, 7) is 0. The van der Waals surface area contributed by atoms with Gasteiger partial charge in [0.15, 0.2) is 10.8 Å². The number of nitrogens with zero attached hydrogens (tertiary/aromatic N) is 1. The van der Waals surface area contributed by atoms with Crippen molar-refractivity contribution in [2.45, 2.75) is 0 Å². The molecule has 4 aromatic rings. The highest BCUT2D eigenvalue weighted by Crippen LogP contribution is 2.34. The van der Waals surface area contributed by atoms with Crippen LogP contribution in [0.1, 0.15) is 0 Å². The normalized spacial score (nSPS) is 11.3. The number of rotatable bonds is 1. The van der Waals surface area contributed by atoms with Gasteiger partial charge in [-0.15, -0.1) is 11.3 Å². The Kier molecular flexibility index (Phi) is 2.02. The van der Waals surface area contributed by atoms with E-state index in [1.54, 1.807) is 17.6 Å². The van der Waals surface area contributed by atoms with Crippen molar-refractivity contribution in [2.24, 2.45) is 0 Å². The molecule has 0 atom stereocenters. The molecule has 0 saturated heterocycles. The van der Waals surface area contributed by atoms with Gasteiger partial charge >= 0.3 is 0 Å². The second-order valence-corrected chi connectivity index (χ2v) is 5.16. The van der Waals surface area contributed by atoms with Gasteiger partial charge in [0.2, 0.25) is 0 Å². The molecule has 0 aliphatic heterocycles. The average molecular weight is 251 g/mol. The van der Waals surface area contributed by atoms with E-state index in [0.29, 0.717) is 0 Å². The lowest BCUT2D eigenvalue weighted by atomic mass is 10.1. The van der Waals surface area contributed by atoms with E-state index in [4.69, 9.17) is 9.40 Å². The first-order valence-electron chi connectivity index (χ1n) is 5.74. The van der Waals surface area contributed by atoms with Gasteiger partial charge < -0.3 is 4.42 Å². The van der Waals surface area contributed by atoms with E-state index in [9.17, 15) is 0 Å². The molecule has 0 aliphatic rings. The first kappa shape index (κ1) is 9.85. The molecule has 2 aromatic carbocycles. The summed E-state index contributed by atoms with van der Waals surface area (Å²) in [5.41, 5.74) is 1.06. The topological polar surface area (TPSA) is 26.0 Å². The van der Waals surface area contributed by atoms with E-state index in [-0.39, 0.29) is 0 Å². The molecule has 0 fully saturated rings. The van der Waals surface area contributed by atoms with E-state index in [0.717, 1.165) is 16.3 Å². The monoisotopic (exact) mass is 251 g/mol.